The maximum absolute atomic E-state index is 2.65. The van der Waals surface area contributed by atoms with Crippen LogP contribution in [-0.4, -0.2) is 49.1 Å². The van der Waals surface area contributed by atoms with Gasteiger partial charge in [-0.3, -0.25) is 0 Å². The molecule has 0 saturated carbocycles. The van der Waals surface area contributed by atoms with E-state index in [-0.39, 0.29) is 0 Å². The van der Waals surface area contributed by atoms with Gasteiger partial charge >= 0.3 is 0 Å². The number of aryl methyl sites for hydroxylation is 2. The summed E-state index contributed by atoms with van der Waals surface area (Å²) < 4.78 is 0. The van der Waals surface area contributed by atoms with Crippen molar-refractivity contribution in [2.75, 3.05) is 39.3 Å². The van der Waals surface area contributed by atoms with Crippen LogP contribution < -0.4 is 0 Å². The molecule has 1 atom stereocenters. The van der Waals surface area contributed by atoms with E-state index in [1.807, 2.05) is 0 Å². The Kier molecular flexibility index (Phi) is 6.53. The van der Waals surface area contributed by atoms with Crippen LogP contribution in [0.5, 0.6) is 0 Å². The van der Waals surface area contributed by atoms with Crippen molar-refractivity contribution in [3.63, 3.8) is 0 Å². The molecule has 1 aromatic rings. The fourth-order valence-electron chi connectivity index (χ4n) is 4.27. The molecule has 1 aromatic carbocycles. The third kappa shape index (κ3) is 5.32. The van der Waals surface area contributed by atoms with Crippen LogP contribution >= 0.6 is 0 Å². The number of hydrogen-bond donors (Lipinski definition) is 0. The molecule has 2 saturated heterocycles. The van der Waals surface area contributed by atoms with Gasteiger partial charge in [-0.15, -0.1) is 0 Å². The van der Waals surface area contributed by atoms with Gasteiger partial charge in [-0.05, 0) is 94.7 Å². The Morgan fingerprint density at radius 3 is 2.04 bits per heavy atom. The van der Waals surface area contributed by atoms with Gasteiger partial charge < -0.3 is 9.80 Å². The highest BCUT2D eigenvalue weighted by molar-refractivity contribution is 5.27. The largest absolute Gasteiger partial charge is 0.303 e. The summed E-state index contributed by atoms with van der Waals surface area (Å²) in [5, 5.41) is 0. The van der Waals surface area contributed by atoms with Crippen molar-refractivity contribution in [3.05, 3.63) is 35.4 Å². The smallest absolute Gasteiger partial charge is 0.000750 e. The highest BCUT2D eigenvalue weighted by Gasteiger charge is 2.17. The van der Waals surface area contributed by atoms with Crippen molar-refractivity contribution in [2.45, 2.75) is 51.9 Å². The second kappa shape index (κ2) is 8.84. The van der Waals surface area contributed by atoms with Crippen LogP contribution in [0, 0.1) is 5.92 Å². The van der Waals surface area contributed by atoms with Gasteiger partial charge in [-0.25, -0.2) is 0 Å². The normalized spacial score (nSPS) is 22.9. The first-order chi connectivity index (χ1) is 11.3. The van der Waals surface area contributed by atoms with Gasteiger partial charge in [0.05, 0.1) is 0 Å². The molecule has 2 aliphatic rings. The minimum absolute atomic E-state index is 0.910. The van der Waals surface area contributed by atoms with E-state index in [1.54, 1.807) is 11.1 Å². The van der Waals surface area contributed by atoms with Gasteiger partial charge in [0.1, 0.15) is 0 Å². The predicted octanol–water partition coefficient (Wildman–Crippen LogP) is 3.99. The molecule has 0 aromatic heterocycles. The summed E-state index contributed by atoms with van der Waals surface area (Å²) in [5.41, 5.74) is 3.20. The summed E-state index contributed by atoms with van der Waals surface area (Å²) in [7, 11) is 0. The van der Waals surface area contributed by atoms with Crippen LogP contribution in [0.1, 0.15) is 50.2 Å². The highest BCUT2D eigenvalue weighted by Crippen LogP contribution is 2.18. The zero-order valence-corrected chi connectivity index (χ0v) is 15.0. The first kappa shape index (κ1) is 17.0. The second-order valence-corrected chi connectivity index (χ2v) is 7.72. The number of hydrogen-bond acceptors (Lipinski definition) is 2. The predicted molar refractivity (Wildman–Crippen MR) is 99.0 cm³/mol. The summed E-state index contributed by atoms with van der Waals surface area (Å²) >= 11 is 0. The molecule has 0 amide bonds. The molecule has 0 radical (unpaired) electrons. The lowest BCUT2D eigenvalue weighted by atomic mass is 9.99. The molecule has 2 heterocycles. The monoisotopic (exact) mass is 314 g/mol. The van der Waals surface area contributed by atoms with Crippen molar-refractivity contribution in [3.8, 4) is 0 Å². The first-order valence-corrected chi connectivity index (χ1v) is 9.83. The van der Waals surface area contributed by atoms with Crippen LogP contribution in [0.25, 0.3) is 0 Å². The first-order valence-electron chi connectivity index (χ1n) is 9.83. The molecule has 2 nitrogen and oxygen atoms in total. The molecular formula is C21H34N2. The Morgan fingerprint density at radius 1 is 0.870 bits per heavy atom. The molecule has 0 bridgehead atoms. The van der Waals surface area contributed by atoms with Gasteiger partial charge in [-0.1, -0.05) is 31.2 Å². The minimum atomic E-state index is 0.910. The van der Waals surface area contributed by atoms with Crippen LogP contribution in [0.3, 0.4) is 0 Å². The summed E-state index contributed by atoms with van der Waals surface area (Å²) in [5.74, 6) is 0.910. The average molecular weight is 315 g/mol. The lowest BCUT2D eigenvalue weighted by Gasteiger charge is -2.17. The van der Waals surface area contributed by atoms with Crippen molar-refractivity contribution in [2.24, 2.45) is 5.92 Å². The molecule has 0 N–H and O–H groups in total. The van der Waals surface area contributed by atoms with E-state index in [1.165, 1.54) is 84.2 Å². The molecule has 128 valence electrons. The third-order valence-electron chi connectivity index (χ3n) is 5.67. The molecule has 2 aliphatic heterocycles. The molecule has 0 aliphatic carbocycles. The van der Waals surface area contributed by atoms with E-state index < -0.39 is 0 Å². The molecule has 23 heavy (non-hydrogen) atoms. The average Bonchev–Trinajstić information content (AvgIpc) is 3.21. The zero-order chi connectivity index (χ0) is 15.9. The van der Waals surface area contributed by atoms with Crippen molar-refractivity contribution in [1.82, 2.24) is 9.80 Å². The van der Waals surface area contributed by atoms with Crippen LogP contribution in [0.2, 0.25) is 0 Å². The molecule has 1 unspecified atom stereocenters. The second-order valence-electron chi connectivity index (χ2n) is 7.72. The van der Waals surface area contributed by atoms with Crippen molar-refractivity contribution in [1.29, 1.82) is 0 Å². The SMILES string of the molecule is CC1CCN(CCCc2ccccc2CCCN2CCCC2)C1. The topological polar surface area (TPSA) is 6.48 Å². The van der Waals surface area contributed by atoms with Gasteiger partial charge in [-0.2, -0.15) is 0 Å². The van der Waals surface area contributed by atoms with Crippen molar-refractivity contribution >= 4 is 0 Å². The molecule has 2 heteroatoms. The summed E-state index contributed by atoms with van der Waals surface area (Å²) in [4.78, 5) is 5.29. The molecule has 2 fully saturated rings. The van der Waals surface area contributed by atoms with Gasteiger partial charge in [0.25, 0.3) is 0 Å². The number of rotatable bonds is 8. The van der Waals surface area contributed by atoms with Gasteiger partial charge in [0.15, 0.2) is 0 Å². The maximum atomic E-state index is 2.65. The van der Waals surface area contributed by atoms with Crippen LogP contribution in [-0.2, 0) is 12.8 Å². The minimum Gasteiger partial charge on any atom is -0.303 e. The van der Waals surface area contributed by atoms with E-state index >= 15 is 0 Å². The number of nitrogens with zero attached hydrogens (tertiary/aromatic N) is 2. The van der Waals surface area contributed by atoms with Gasteiger partial charge in [0.2, 0.25) is 0 Å². The quantitative estimate of drug-likeness (QED) is 0.716. The van der Waals surface area contributed by atoms with Gasteiger partial charge in [0, 0.05) is 6.54 Å². The Morgan fingerprint density at radius 2 is 1.48 bits per heavy atom. The Hall–Kier alpha value is -0.860. The van der Waals surface area contributed by atoms with Crippen molar-refractivity contribution < 1.29 is 0 Å². The maximum Gasteiger partial charge on any atom is 0.000750 e. The molecule has 3 rings (SSSR count). The Labute approximate surface area is 142 Å². The van der Waals surface area contributed by atoms with E-state index in [2.05, 4.69) is 41.0 Å². The highest BCUT2D eigenvalue weighted by atomic mass is 15.1. The zero-order valence-electron chi connectivity index (χ0n) is 15.0. The fraction of sp³-hybridized carbons (Fsp3) is 0.714. The van der Waals surface area contributed by atoms with Crippen LogP contribution in [0.15, 0.2) is 24.3 Å². The summed E-state index contributed by atoms with van der Waals surface area (Å²) in [6.07, 6.45) is 9.36. The Balaban J connectivity index is 1.41. The molecule has 0 spiro atoms. The fourth-order valence-corrected chi connectivity index (χ4v) is 4.27. The van der Waals surface area contributed by atoms with E-state index in [0.29, 0.717) is 0 Å². The van der Waals surface area contributed by atoms with E-state index in [0.717, 1.165) is 5.92 Å². The van der Waals surface area contributed by atoms with E-state index in [4.69, 9.17) is 0 Å². The van der Waals surface area contributed by atoms with Crippen LogP contribution in [0.4, 0.5) is 0 Å². The Bertz CT molecular complexity index is 465. The summed E-state index contributed by atoms with van der Waals surface area (Å²) in [6.45, 7) is 10.3. The summed E-state index contributed by atoms with van der Waals surface area (Å²) in [6, 6.07) is 9.16. The number of benzene rings is 1. The standard InChI is InChI=1S/C21H34N2/c1-19-12-17-23(18-19)16-7-11-21-9-3-2-8-20(21)10-6-15-22-13-4-5-14-22/h2-3,8-9,19H,4-7,10-18H2,1H3. The third-order valence-corrected chi connectivity index (χ3v) is 5.67. The lowest BCUT2D eigenvalue weighted by Crippen LogP contribution is -2.22. The molecular weight excluding hydrogens is 280 g/mol. The number of likely N-dealkylation sites (tertiary alicyclic amines) is 2. The van der Waals surface area contributed by atoms with E-state index in [9.17, 15) is 0 Å². The lowest BCUT2D eigenvalue weighted by molar-refractivity contribution is 0.323.